The van der Waals surface area contributed by atoms with Gasteiger partial charge in [-0.2, -0.15) is 5.10 Å². The number of likely N-dealkylation sites (N-methyl/N-ethyl adjacent to an activating group) is 1. The van der Waals surface area contributed by atoms with Gasteiger partial charge in [0.15, 0.2) is 0 Å². The minimum absolute atomic E-state index is 0.544. The number of aryl methyl sites for hydroxylation is 2. The Labute approximate surface area is 120 Å². The predicted molar refractivity (Wildman–Crippen MR) is 78.4 cm³/mol. The van der Waals surface area contributed by atoms with Gasteiger partial charge < -0.3 is 5.32 Å². The molecule has 1 N–H and O–H groups in total. The molecular weight excluding hydrogens is 258 g/mol. The number of aromatic nitrogens is 2. The summed E-state index contributed by atoms with van der Waals surface area (Å²) < 4.78 is 1.95. The van der Waals surface area contributed by atoms with Crippen molar-refractivity contribution in [1.29, 1.82) is 0 Å². The maximum absolute atomic E-state index is 6.39. The van der Waals surface area contributed by atoms with Crippen molar-refractivity contribution >= 4 is 11.6 Å². The molecule has 19 heavy (non-hydrogen) atoms. The summed E-state index contributed by atoms with van der Waals surface area (Å²) in [4.78, 5) is 0. The Kier molecular flexibility index (Phi) is 3.61. The van der Waals surface area contributed by atoms with Crippen molar-refractivity contribution in [2.24, 2.45) is 24.8 Å². The lowest BCUT2D eigenvalue weighted by Gasteiger charge is -2.30. The second-order valence-electron chi connectivity index (χ2n) is 6.41. The number of hydrogen-bond donors (Lipinski definition) is 1. The number of nitrogens with zero attached hydrogens (tertiary/aromatic N) is 2. The first kappa shape index (κ1) is 13.4. The Bertz CT molecular complexity index is 468. The topological polar surface area (TPSA) is 29.9 Å². The Hall–Kier alpha value is -0.540. The zero-order valence-corrected chi connectivity index (χ0v) is 12.9. The summed E-state index contributed by atoms with van der Waals surface area (Å²) in [6.07, 6.45) is 6.76. The lowest BCUT2D eigenvalue weighted by molar-refractivity contribution is 0.253. The van der Waals surface area contributed by atoms with Crippen molar-refractivity contribution in [3.8, 4) is 0 Å². The van der Waals surface area contributed by atoms with Crippen molar-refractivity contribution in [1.82, 2.24) is 15.1 Å². The number of halogens is 1. The van der Waals surface area contributed by atoms with E-state index in [1.807, 2.05) is 18.7 Å². The second kappa shape index (κ2) is 5.10. The van der Waals surface area contributed by atoms with E-state index in [2.05, 4.69) is 17.5 Å². The van der Waals surface area contributed by atoms with E-state index in [9.17, 15) is 0 Å². The average molecular weight is 282 g/mol. The van der Waals surface area contributed by atoms with Crippen molar-refractivity contribution in [3.63, 3.8) is 0 Å². The van der Waals surface area contributed by atoms with Gasteiger partial charge in [-0.05, 0) is 51.0 Å². The van der Waals surface area contributed by atoms with Gasteiger partial charge in [0, 0.05) is 19.5 Å². The summed E-state index contributed by atoms with van der Waals surface area (Å²) in [6.45, 7) is 1.98. The van der Waals surface area contributed by atoms with Crippen LogP contribution >= 0.6 is 11.6 Å². The van der Waals surface area contributed by atoms with Crippen molar-refractivity contribution < 1.29 is 0 Å². The molecule has 3 rings (SSSR count). The van der Waals surface area contributed by atoms with Crippen LogP contribution in [0.1, 0.15) is 37.1 Å². The smallest absolute Gasteiger partial charge is 0.0847 e. The van der Waals surface area contributed by atoms with E-state index in [4.69, 9.17) is 11.6 Å². The fourth-order valence-corrected chi connectivity index (χ4v) is 4.60. The Balaban J connectivity index is 1.76. The number of hydrogen-bond acceptors (Lipinski definition) is 2. The number of nitrogens with one attached hydrogen (secondary N) is 1. The molecule has 4 atom stereocenters. The molecule has 0 aromatic carbocycles. The lowest BCUT2D eigenvalue weighted by Crippen LogP contribution is -2.38. The van der Waals surface area contributed by atoms with E-state index in [0.717, 1.165) is 34.9 Å². The van der Waals surface area contributed by atoms with Gasteiger partial charge >= 0.3 is 0 Å². The zero-order chi connectivity index (χ0) is 13.6. The molecule has 3 nitrogen and oxygen atoms in total. The molecule has 0 saturated heterocycles. The van der Waals surface area contributed by atoms with E-state index in [-0.39, 0.29) is 0 Å². The maximum atomic E-state index is 6.39. The van der Waals surface area contributed by atoms with Gasteiger partial charge in [-0.25, -0.2) is 0 Å². The first-order valence-electron chi connectivity index (χ1n) is 7.45. The van der Waals surface area contributed by atoms with Crippen LogP contribution in [0.15, 0.2) is 0 Å². The minimum Gasteiger partial charge on any atom is -0.316 e. The van der Waals surface area contributed by atoms with E-state index in [1.165, 1.54) is 31.4 Å². The second-order valence-corrected chi connectivity index (χ2v) is 6.79. The minimum atomic E-state index is 0.544. The predicted octanol–water partition coefficient (Wildman–Crippen LogP) is 2.95. The van der Waals surface area contributed by atoms with Gasteiger partial charge in [-0.3, -0.25) is 4.68 Å². The van der Waals surface area contributed by atoms with Crippen LogP contribution in [0.5, 0.6) is 0 Å². The van der Waals surface area contributed by atoms with E-state index in [0.29, 0.717) is 6.04 Å². The zero-order valence-electron chi connectivity index (χ0n) is 12.1. The summed E-state index contributed by atoms with van der Waals surface area (Å²) in [5.41, 5.74) is 2.13. The van der Waals surface area contributed by atoms with Crippen molar-refractivity contribution in [3.05, 3.63) is 16.4 Å². The molecule has 2 saturated carbocycles. The standard InChI is InChI=1S/C15H24ClN3/c1-9-15(16)14(19(3)18-9)8-13(17-2)12-7-10-4-5-11(12)6-10/h10-13,17H,4-8H2,1-3H3. The fraction of sp³-hybridized carbons (Fsp3) is 0.800. The molecule has 0 amide bonds. The van der Waals surface area contributed by atoms with Crippen LogP contribution in [0.3, 0.4) is 0 Å². The number of fused-ring (bicyclic) bond motifs is 2. The highest BCUT2D eigenvalue weighted by Crippen LogP contribution is 2.50. The van der Waals surface area contributed by atoms with E-state index in [1.54, 1.807) is 0 Å². The molecule has 0 radical (unpaired) electrons. The molecule has 0 aliphatic heterocycles. The summed E-state index contributed by atoms with van der Waals surface area (Å²) in [6, 6.07) is 0.544. The Morgan fingerprint density at radius 3 is 2.68 bits per heavy atom. The van der Waals surface area contributed by atoms with Crippen molar-refractivity contribution in [2.75, 3.05) is 7.05 Å². The van der Waals surface area contributed by atoms with Crippen LogP contribution < -0.4 is 5.32 Å². The van der Waals surface area contributed by atoms with Gasteiger partial charge in [0.05, 0.1) is 16.4 Å². The molecule has 2 bridgehead atoms. The van der Waals surface area contributed by atoms with E-state index < -0.39 is 0 Å². The summed E-state index contributed by atoms with van der Waals surface area (Å²) in [5, 5.41) is 8.82. The Morgan fingerprint density at radius 1 is 1.42 bits per heavy atom. The summed E-state index contributed by atoms with van der Waals surface area (Å²) >= 11 is 6.39. The molecular formula is C15H24ClN3. The van der Waals surface area contributed by atoms with Crippen molar-refractivity contribution in [2.45, 2.75) is 45.1 Å². The first-order valence-corrected chi connectivity index (χ1v) is 7.83. The third-order valence-electron chi connectivity index (χ3n) is 5.36. The highest BCUT2D eigenvalue weighted by Gasteiger charge is 2.42. The lowest BCUT2D eigenvalue weighted by atomic mass is 9.81. The van der Waals surface area contributed by atoms with Crippen LogP contribution in [0, 0.1) is 24.7 Å². The van der Waals surface area contributed by atoms with Gasteiger partial charge in [0.2, 0.25) is 0 Å². The molecule has 1 aromatic rings. The van der Waals surface area contributed by atoms with Gasteiger partial charge in [-0.1, -0.05) is 18.0 Å². The molecule has 2 aliphatic rings. The third kappa shape index (κ3) is 2.31. The highest BCUT2D eigenvalue weighted by molar-refractivity contribution is 6.31. The van der Waals surface area contributed by atoms with Crippen LogP contribution in [-0.4, -0.2) is 22.9 Å². The molecule has 1 heterocycles. The normalized spacial score (nSPS) is 31.1. The molecule has 1 aromatic heterocycles. The highest BCUT2D eigenvalue weighted by atomic mass is 35.5. The van der Waals surface area contributed by atoms with Crippen LogP contribution in [0.4, 0.5) is 0 Å². The molecule has 2 aliphatic carbocycles. The molecule has 4 heteroatoms. The van der Waals surface area contributed by atoms with Gasteiger partial charge in [0.1, 0.15) is 0 Å². The average Bonchev–Trinajstić information content (AvgIpc) is 3.06. The largest absolute Gasteiger partial charge is 0.316 e. The van der Waals surface area contributed by atoms with Gasteiger partial charge in [-0.15, -0.1) is 0 Å². The van der Waals surface area contributed by atoms with Gasteiger partial charge in [0.25, 0.3) is 0 Å². The molecule has 2 fully saturated rings. The SMILES string of the molecule is CNC(Cc1c(Cl)c(C)nn1C)C1CC2CCC1C2. The third-order valence-corrected chi connectivity index (χ3v) is 5.85. The quantitative estimate of drug-likeness (QED) is 0.920. The van der Waals surface area contributed by atoms with Crippen LogP contribution in [0.2, 0.25) is 5.02 Å². The van der Waals surface area contributed by atoms with Crippen LogP contribution in [-0.2, 0) is 13.5 Å². The van der Waals surface area contributed by atoms with Crippen LogP contribution in [0.25, 0.3) is 0 Å². The Morgan fingerprint density at radius 2 is 2.21 bits per heavy atom. The van der Waals surface area contributed by atoms with E-state index >= 15 is 0 Å². The molecule has 0 spiro atoms. The molecule has 106 valence electrons. The molecule has 4 unspecified atom stereocenters. The summed E-state index contributed by atoms with van der Waals surface area (Å²) in [7, 11) is 4.09. The number of rotatable bonds is 4. The monoisotopic (exact) mass is 281 g/mol. The first-order chi connectivity index (χ1) is 9.10. The fourth-order valence-electron chi connectivity index (χ4n) is 4.36. The maximum Gasteiger partial charge on any atom is 0.0847 e. The summed E-state index contributed by atoms with van der Waals surface area (Å²) in [5.74, 6) is 2.76.